The van der Waals surface area contributed by atoms with Gasteiger partial charge in [-0.25, -0.2) is 0 Å². The number of nitrogens with one attached hydrogen (secondary N) is 1. The Hall–Kier alpha value is -1.60. The highest BCUT2D eigenvalue weighted by Crippen LogP contribution is 2.46. The molecule has 1 aromatic rings. The predicted molar refractivity (Wildman–Crippen MR) is 79.5 cm³/mol. The van der Waals surface area contributed by atoms with Crippen molar-refractivity contribution in [3.8, 4) is 0 Å². The topological polar surface area (TPSA) is 52.6 Å². The van der Waals surface area contributed by atoms with Crippen molar-refractivity contribution in [3.05, 3.63) is 35.9 Å². The van der Waals surface area contributed by atoms with Crippen LogP contribution in [0.1, 0.15) is 18.9 Å². The van der Waals surface area contributed by atoms with E-state index in [4.69, 9.17) is 5.11 Å². The van der Waals surface area contributed by atoms with Gasteiger partial charge in [-0.05, 0) is 25.5 Å². The van der Waals surface area contributed by atoms with Crippen molar-refractivity contribution in [3.63, 3.8) is 0 Å². The van der Waals surface area contributed by atoms with Gasteiger partial charge in [-0.1, -0.05) is 30.3 Å². The van der Waals surface area contributed by atoms with Crippen LogP contribution >= 0.6 is 0 Å². The molecule has 0 aromatic heterocycles. The molecule has 4 nitrogen and oxygen atoms in total. The van der Waals surface area contributed by atoms with E-state index in [9.17, 15) is 18.0 Å². The molecule has 0 aliphatic carbocycles. The van der Waals surface area contributed by atoms with Crippen LogP contribution in [-0.4, -0.2) is 47.8 Å². The van der Waals surface area contributed by atoms with E-state index in [1.807, 2.05) is 30.3 Å². The number of benzene rings is 1. The smallest absolute Gasteiger partial charge is 0.394 e. The predicted octanol–water partition coefficient (Wildman–Crippen LogP) is 1.94. The molecule has 0 bridgehead atoms. The van der Waals surface area contributed by atoms with E-state index in [0.717, 1.165) is 5.56 Å². The van der Waals surface area contributed by atoms with Crippen LogP contribution in [0.2, 0.25) is 0 Å². The Labute approximate surface area is 133 Å². The lowest BCUT2D eigenvalue weighted by Gasteiger charge is -2.31. The minimum Gasteiger partial charge on any atom is -0.394 e. The number of likely N-dealkylation sites (tertiary alicyclic amines) is 1. The summed E-state index contributed by atoms with van der Waals surface area (Å²) in [5.41, 5.74) is -1.50. The molecule has 23 heavy (non-hydrogen) atoms. The van der Waals surface area contributed by atoms with Crippen LogP contribution in [0.15, 0.2) is 30.3 Å². The molecule has 0 radical (unpaired) electrons. The maximum atomic E-state index is 13.6. The second-order valence-electron chi connectivity index (χ2n) is 6.08. The van der Waals surface area contributed by atoms with Gasteiger partial charge in [-0.2, -0.15) is 13.2 Å². The minimum absolute atomic E-state index is 0.204. The fourth-order valence-corrected chi connectivity index (χ4v) is 2.82. The number of alkyl halides is 3. The lowest BCUT2D eigenvalue weighted by Crippen LogP contribution is -2.54. The fourth-order valence-electron chi connectivity index (χ4n) is 2.82. The highest BCUT2D eigenvalue weighted by molar-refractivity contribution is 5.84. The first-order valence-corrected chi connectivity index (χ1v) is 7.53. The lowest BCUT2D eigenvalue weighted by molar-refractivity contribution is -0.218. The monoisotopic (exact) mass is 330 g/mol. The van der Waals surface area contributed by atoms with Gasteiger partial charge in [0.25, 0.3) is 0 Å². The van der Waals surface area contributed by atoms with Crippen LogP contribution in [0.5, 0.6) is 0 Å². The second-order valence-corrected chi connectivity index (χ2v) is 6.08. The zero-order valence-corrected chi connectivity index (χ0v) is 12.9. The molecule has 1 aliphatic heterocycles. The normalized spacial score (nSPS) is 23.7. The molecular formula is C16H21F3N2O2. The van der Waals surface area contributed by atoms with E-state index in [0.29, 0.717) is 6.54 Å². The number of carbonyl (C=O) groups is 1. The van der Waals surface area contributed by atoms with Gasteiger partial charge in [0.15, 0.2) is 5.41 Å². The number of nitrogens with zero attached hydrogens (tertiary/aromatic N) is 1. The van der Waals surface area contributed by atoms with Crippen LogP contribution in [0.4, 0.5) is 13.2 Å². The first kappa shape index (κ1) is 17.7. The number of halogens is 3. The van der Waals surface area contributed by atoms with Gasteiger partial charge in [0, 0.05) is 19.1 Å². The van der Waals surface area contributed by atoms with Gasteiger partial charge in [-0.3, -0.25) is 9.69 Å². The zero-order valence-electron chi connectivity index (χ0n) is 12.9. The third-order valence-electron chi connectivity index (χ3n) is 4.23. The van der Waals surface area contributed by atoms with E-state index in [-0.39, 0.29) is 19.5 Å². The van der Waals surface area contributed by atoms with E-state index >= 15 is 0 Å². The number of aliphatic hydroxyl groups is 1. The Morgan fingerprint density at radius 2 is 2.04 bits per heavy atom. The number of amides is 1. The number of aliphatic hydroxyl groups excluding tert-OH is 1. The Morgan fingerprint density at radius 3 is 2.61 bits per heavy atom. The second kappa shape index (κ2) is 6.88. The molecule has 1 fully saturated rings. The van der Waals surface area contributed by atoms with Gasteiger partial charge >= 0.3 is 6.18 Å². The Balaban J connectivity index is 2.13. The summed E-state index contributed by atoms with van der Waals surface area (Å²) in [4.78, 5) is 13.9. The molecule has 0 spiro atoms. The van der Waals surface area contributed by atoms with Gasteiger partial charge in [0.2, 0.25) is 5.91 Å². The maximum Gasteiger partial charge on any atom is 0.404 e. The molecule has 2 N–H and O–H groups in total. The van der Waals surface area contributed by atoms with Crippen molar-refractivity contribution in [1.29, 1.82) is 0 Å². The largest absolute Gasteiger partial charge is 0.404 e. The van der Waals surface area contributed by atoms with E-state index in [1.54, 1.807) is 4.90 Å². The number of hydrogen-bond acceptors (Lipinski definition) is 3. The van der Waals surface area contributed by atoms with Gasteiger partial charge < -0.3 is 10.4 Å². The molecule has 1 saturated heterocycles. The summed E-state index contributed by atoms with van der Waals surface area (Å²) in [5.74, 6) is -1.05. The highest BCUT2D eigenvalue weighted by Gasteiger charge is 2.63. The maximum absolute atomic E-state index is 13.6. The van der Waals surface area contributed by atoms with Gasteiger partial charge in [0.05, 0.1) is 6.61 Å². The van der Waals surface area contributed by atoms with Crippen molar-refractivity contribution >= 4 is 5.91 Å². The van der Waals surface area contributed by atoms with Gasteiger partial charge in [-0.15, -0.1) is 0 Å². The lowest BCUT2D eigenvalue weighted by atomic mass is 9.85. The molecular weight excluding hydrogens is 309 g/mol. The average Bonchev–Trinajstić information content (AvgIpc) is 2.93. The zero-order chi connectivity index (χ0) is 17.1. The van der Waals surface area contributed by atoms with Crippen molar-refractivity contribution in [2.45, 2.75) is 32.1 Å². The molecule has 2 rings (SSSR count). The first-order chi connectivity index (χ1) is 10.8. The molecule has 2 unspecified atom stereocenters. The van der Waals surface area contributed by atoms with Crippen LogP contribution in [-0.2, 0) is 11.3 Å². The summed E-state index contributed by atoms with van der Waals surface area (Å²) in [5, 5.41) is 11.2. The van der Waals surface area contributed by atoms with Crippen molar-refractivity contribution < 1.29 is 23.1 Å². The molecule has 2 atom stereocenters. The van der Waals surface area contributed by atoms with Crippen molar-refractivity contribution in [1.82, 2.24) is 10.2 Å². The molecule has 1 heterocycles. The standard InChI is InChI=1S/C16H21F3N2O2/c1-12(10-22)20-14(23)15(16(17,18)19)7-8-21(11-15)9-13-5-3-2-4-6-13/h2-6,12,22H,7-11H2,1H3,(H,20,23). The van der Waals surface area contributed by atoms with E-state index < -0.39 is 30.1 Å². The summed E-state index contributed by atoms with van der Waals surface area (Å²) in [6, 6.07) is 8.50. The summed E-state index contributed by atoms with van der Waals surface area (Å²) in [6.45, 7) is 1.29. The molecule has 1 aliphatic rings. The summed E-state index contributed by atoms with van der Waals surface area (Å²) < 4.78 is 40.7. The molecule has 1 aromatic carbocycles. The number of rotatable bonds is 5. The van der Waals surface area contributed by atoms with E-state index in [1.165, 1.54) is 6.92 Å². The molecule has 1 amide bonds. The first-order valence-electron chi connectivity index (χ1n) is 7.53. The summed E-state index contributed by atoms with van der Waals surface area (Å²) in [7, 11) is 0. The highest BCUT2D eigenvalue weighted by atomic mass is 19.4. The van der Waals surface area contributed by atoms with Crippen LogP contribution in [0.25, 0.3) is 0 Å². The Kier molecular flexibility index (Phi) is 5.31. The van der Waals surface area contributed by atoms with Crippen LogP contribution < -0.4 is 5.32 Å². The average molecular weight is 330 g/mol. The number of carbonyl (C=O) groups excluding carboxylic acids is 1. The van der Waals surface area contributed by atoms with Crippen molar-refractivity contribution in [2.75, 3.05) is 19.7 Å². The third-order valence-corrected chi connectivity index (χ3v) is 4.23. The quantitative estimate of drug-likeness (QED) is 0.867. The van der Waals surface area contributed by atoms with Crippen molar-refractivity contribution in [2.24, 2.45) is 5.41 Å². The van der Waals surface area contributed by atoms with Gasteiger partial charge in [0.1, 0.15) is 0 Å². The molecule has 128 valence electrons. The van der Waals surface area contributed by atoms with E-state index in [2.05, 4.69) is 5.32 Å². The molecule has 7 heteroatoms. The molecule has 0 saturated carbocycles. The van der Waals surface area contributed by atoms with Crippen LogP contribution in [0, 0.1) is 5.41 Å². The summed E-state index contributed by atoms with van der Waals surface area (Å²) in [6.07, 6.45) is -4.90. The fraction of sp³-hybridized carbons (Fsp3) is 0.562. The SMILES string of the molecule is CC(CO)NC(=O)C1(C(F)(F)F)CCN(Cc2ccccc2)C1. The summed E-state index contributed by atoms with van der Waals surface area (Å²) >= 11 is 0. The third kappa shape index (κ3) is 3.84. The minimum atomic E-state index is -4.63. The number of hydrogen-bond donors (Lipinski definition) is 2. The Morgan fingerprint density at radius 1 is 1.39 bits per heavy atom. The Bertz CT molecular complexity index is 536. The van der Waals surface area contributed by atoms with Crippen LogP contribution in [0.3, 0.4) is 0 Å².